The van der Waals surface area contributed by atoms with Gasteiger partial charge in [-0.25, -0.2) is 14.4 Å². The number of thiophene rings is 1. The van der Waals surface area contributed by atoms with E-state index in [1.54, 1.807) is 77.3 Å². The first-order chi connectivity index (χ1) is 29.9. The number of alkyl carbamates (subject to hydrolysis) is 1. The molecule has 352 valence electrons. The SMILES string of the molecule is CC[Si](CC)(CC)O[C@@H](C(=O)O[C@H]1C[C@@]2(O)[C@@H](OC(=O)c3ccccc3)C3[C@](C)(C(=O)[C@H](O)C(=C1C)C2(C)C)[C@@H](O)C[C@H]1OC[C@@]31OC(C)=O)[C@@H](NC(=O)OC(C)(C)C)c1cccs1. The van der Waals surface area contributed by atoms with Gasteiger partial charge in [0.15, 0.2) is 25.8 Å². The highest BCUT2D eigenvalue weighted by molar-refractivity contribution is 7.10. The molecule has 4 N–H and O–H groups in total. The van der Waals surface area contributed by atoms with E-state index in [1.807, 2.05) is 20.8 Å². The van der Waals surface area contributed by atoms with E-state index >= 15 is 9.59 Å². The summed E-state index contributed by atoms with van der Waals surface area (Å²) in [6.45, 7) is 18.3. The van der Waals surface area contributed by atoms with Crippen molar-refractivity contribution in [1.82, 2.24) is 5.32 Å². The molecule has 4 aliphatic rings. The van der Waals surface area contributed by atoms with Crippen LogP contribution >= 0.6 is 11.3 Å². The lowest BCUT2D eigenvalue weighted by atomic mass is 9.44. The maximum Gasteiger partial charge on any atom is 0.408 e. The Balaban J connectivity index is 1.54. The number of Topliss-reactive ketones (excluding diaryl/α,β-unsaturated/α-hetero) is 1. The fourth-order valence-electron chi connectivity index (χ4n) is 10.7. The molecule has 0 spiro atoms. The van der Waals surface area contributed by atoms with Crippen molar-refractivity contribution in [3.8, 4) is 0 Å². The Bertz CT molecular complexity index is 2110. The number of carbonyl (C=O) groups is 5. The molecule has 0 radical (unpaired) electrons. The van der Waals surface area contributed by atoms with Crippen molar-refractivity contribution in [3.63, 3.8) is 0 Å². The number of fused-ring (bicyclic) bond motifs is 5. The average Bonchev–Trinajstić information content (AvgIpc) is 3.77. The Labute approximate surface area is 380 Å². The van der Waals surface area contributed by atoms with E-state index in [1.165, 1.54) is 37.3 Å². The molecule has 15 nitrogen and oxygen atoms in total. The van der Waals surface area contributed by atoms with Crippen LogP contribution in [0.15, 0.2) is 59.0 Å². The summed E-state index contributed by atoms with van der Waals surface area (Å²) >= 11 is 1.30. The quantitative estimate of drug-likeness (QED) is 0.0746. The van der Waals surface area contributed by atoms with Gasteiger partial charge in [0, 0.05) is 30.1 Å². The second kappa shape index (κ2) is 18.0. The van der Waals surface area contributed by atoms with Gasteiger partial charge >= 0.3 is 24.0 Å². The van der Waals surface area contributed by atoms with E-state index in [0.717, 1.165) is 0 Å². The van der Waals surface area contributed by atoms with Crippen molar-refractivity contribution in [2.24, 2.45) is 16.7 Å². The maximum atomic E-state index is 15.2. The third kappa shape index (κ3) is 8.50. The Morgan fingerprint density at radius 1 is 0.984 bits per heavy atom. The Hall–Kier alpha value is -3.97. The molecule has 1 aromatic heterocycles. The second-order valence-corrected chi connectivity index (χ2v) is 25.2. The van der Waals surface area contributed by atoms with E-state index in [4.69, 9.17) is 28.1 Å². The molecule has 3 fully saturated rings. The minimum atomic E-state index is -2.69. The van der Waals surface area contributed by atoms with Gasteiger partial charge in [-0.1, -0.05) is 58.9 Å². The van der Waals surface area contributed by atoms with E-state index in [2.05, 4.69) is 5.32 Å². The van der Waals surface area contributed by atoms with Gasteiger partial charge in [0.25, 0.3) is 0 Å². The molecule has 1 unspecified atom stereocenters. The first-order valence-corrected chi connectivity index (χ1v) is 25.6. The third-order valence-electron chi connectivity index (χ3n) is 14.5. The summed E-state index contributed by atoms with van der Waals surface area (Å²) < 4.78 is 37.5. The first kappa shape index (κ1) is 49.5. The molecule has 1 amide bonds. The van der Waals surface area contributed by atoms with Gasteiger partial charge in [-0.05, 0) is 87.5 Å². The van der Waals surface area contributed by atoms with Gasteiger partial charge in [0.1, 0.15) is 41.7 Å². The number of ether oxygens (including phenoxy) is 5. The summed E-state index contributed by atoms with van der Waals surface area (Å²) in [5.41, 5.74) is -8.15. The fraction of sp³-hybridized carbons (Fsp3) is 0.638. The molecule has 64 heavy (non-hydrogen) atoms. The largest absolute Gasteiger partial charge is 0.456 e. The van der Waals surface area contributed by atoms with E-state index in [0.29, 0.717) is 23.0 Å². The molecule has 2 aromatic rings. The number of ketones is 1. The number of hydrogen-bond acceptors (Lipinski definition) is 15. The smallest absolute Gasteiger partial charge is 0.408 e. The molecule has 17 heteroatoms. The maximum absolute atomic E-state index is 15.2. The van der Waals surface area contributed by atoms with Crippen LogP contribution in [0, 0.1) is 16.7 Å². The summed E-state index contributed by atoms with van der Waals surface area (Å²) in [7, 11) is -2.69. The zero-order valence-corrected chi connectivity index (χ0v) is 40.5. The van der Waals surface area contributed by atoms with E-state index < -0.39 is 121 Å². The van der Waals surface area contributed by atoms with Crippen molar-refractivity contribution < 1.29 is 67.4 Å². The molecule has 2 saturated carbocycles. The van der Waals surface area contributed by atoms with Crippen LogP contribution in [0.1, 0.15) is 110 Å². The number of hydrogen-bond donors (Lipinski definition) is 4. The van der Waals surface area contributed by atoms with Crippen LogP contribution in [0.2, 0.25) is 18.1 Å². The average molecular weight is 928 g/mol. The molecule has 2 bridgehead atoms. The number of esters is 3. The molecule has 1 saturated heterocycles. The van der Waals surface area contributed by atoms with E-state index in [9.17, 15) is 29.7 Å². The first-order valence-electron chi connectivity index (χ1n) is 22.2. The zero-order chi connectivity index (χ0) is 47.4. The predicted octanol–water partition coefficient (Wildman–Crippen LogP) is 6.35. The summed E-state index contributed by atoms with van der Waals surface area (Å²) in [5.74, 6) is -4.90. The van der Waals surface area contributed by atoms with Crippen LogP contribution in [0.5, 0.6) is 0 Å². The molecular formula is C47H65NO14SSi. The highest BCUT2D eigenvalue weighted by atomic mass is 32.1. The van der Waals surface area contributed by atoms with Gasteiger partial charge in [0.2, 0.25) is 0 Å². The topological polar surface area (TPSA) is 213 Å². The molecule has 3 aliphatic carbocycles. The second-order valence-electron chi connectivity index (χ2n) is 19.5. The third-order valence-corrected chi connectivity index (χ3v) is 20.1. The molecule has 6 rings (SSSR count). The van der Waals surface area contributed by atoms with E-state index in [-0.39, 0.29) is 29.7 Å². The fourth-order valence-corrected chi connectivity index (χ4v) is 14.3. The highest BCUT2D eigenvalue weighted by Gasteiger charge is 2.78. The van der Waals surface area contributed by atoms with Crippen molar-refractivity contribution in [1.29, 1.82) is 0 Å². The standard InChI is InChI=1S/C47H65NO14SSi/c1-12-64(13-2,14-3)62-36(34(30-21-18-22-63-30)48-42(55)61-43(6,7)8)41(54)58-29-24-47(56)39(59-40(53)28-19-16-15-17-20-28)37-45(11,38(52)35(51)33(26(29)4)44(47,9)10)31(50)23-32-46(37,25-57-32)60-27(5)49/h15-22,29,31-32,34-37,39,50-51,56H,12-14,23-25H2,1-11H3,(H,48,55)/t29-,31-,32+,34-,35+,36+,37?,39-,45+,46-,47+/m0/s1. The van der Waals surface area contributed by atoms with Gasteiger partial charge < -0.3 is 48.7 Å². The number of aliphatic hydroxyl groups is 3. The predicted molar refractivity (Wildman–Crippen MR) is 238 cm³/mol. The van der Waals surface area contributed by atoms with Crippen LogP contribution in [-0.2, 0) is 42.5 Å². The van der Waals surface area contributed by atoms with Crippen molar-refractivity contribution in [2.75, 3.05) is 6.61 Å². The van der Waals surface area contributed by atoms with Crippen LogP contribution in [0.3, 0.4) is 0 Å². The van der Waals surface area contributed by atoms with Gasteiger partial charge in [0.05, 0.1) is 29.6 Å². The van der Waals surface area contributed by atoms with Crippen LogP contribution in [0.4, 0.5) is 4.79 Å². The lowest BCUT2D eigenvalue weighted by Crippen LogP contribution is -2.81. The van der Waals surface area contributed by atoms with Crippen molar-refractivity contribution in [2.45, 2.75) is 167 Å². The number of benzene rings is 1. The van der Waals surface area contributed by atoms with Crippen molar-refractivity contribution >= 4 is 49.4 Å². The molecule has 2 heterocycles. The molecular weight excluding hydrogens is 863 g/mol. The summed E-state index contributed by atoms with van der Waals surface area (Å²) in [6.07, 6.45) is -10.5. The number of amides is 1. The highest BCUT2D eigenvalue weighted by Crippen LogP contribution is 2.64. The molecule has 11 atom stereocenters. The lowest BCUT2D eigenvalue weighted by Gasteiger charge is -2.67. The Morgan fingerprint density at radius 3 is 2.16 bits per heavy atom. The van der Waals surface area contributed by atoms with Gasteiger partial charge in [-0.15, -0.1) is 11.3 Å². The minimum Gasteiger partial charge on any atom is -0.456 e. The van der Waals surface area contributed by atoms with Crippen LogP contribution in [0.25, 0.3) is 0 Å². The normalized spacial score (nSPS) is 32.0. The zero-order valence-electron chi connectivity index (χ0n) is 38.7. The number of carbonyl (C=O) groups excluding carboxylic acids is 5. The van der Waals surface area contributed by atoms with Gasteiger partial charge in [-0.3, -0.25) is 9.59 Å². The summed E-state index contributed by atoms with van der Waals surface area (Å²) in [4.78, 5) is 71.8. The molecule has 1 aromatic carbocycles. The van der Waals surface area contributed by atoms with Crippen molar-refractivity contribution in [3.05, 3.63) is 69.4 Å². The number of aliphatic hydroxyl groups excluding tert-OH is 2. The Morgan fingerprint density at radius 2 is 1.62 bits per heavy atom. The number of nitrogens with one attached hydrogen (secondary N) is 1. The Kier molecular flexibility index (Phi) is 13.9. The van der Waals surface area contributed by atoms with Crippen LogP contribution in [-0.4, -0.2) is 113 Å². The molecule has 1 aliphatic heterocycles. The summed E-state index contributed by atoms with van der Waals surface area (Å²) in [5, 5.41) is 42.9. The minimum absolute atomic E-state index is 0.00348. The monoisotopic (exact) mass is 927 g/mol. The lowest BCUT2D eigenvalue weighted by molar-refractivity contribution is -0.346. The number of rotatable bonds is 13. The summed E-state index contributed by atoms with van der Waals surface area (Å²) in [6, 6.07) is 12.4. The van der Waals surface area contributed by atoms with Gasteiger partial charge in [-0.2, -0.15) is 0 Å². The van der Waals surface area contributed by atoms with Crippen LogP contribution < -0.4 is 5.32 Å².